The van der Waals surface area contributed by atoms with Crippen LogP contribution in [0, 0.1) is 5.92 Å². The zero-order valence-electron chi connectivity index (χ0n) is 14.6. The fourth-order valence-corrected chi connectivity index (χ4v) is 3.35. The van der Waals surface area contributed by atoms with E-state index in [1.165, 1.54) is 11.8 Å². The molecule has 0 saturated heterocycles. The Balaban J connectivity index is 2.01. The van der Waals surface area contributed by atoms with Crippen molar-refractivity contribution in [3.63, 3.8) is 0 Å². The van der Waals surface area contributed by atoms with E-state index in [2.05, 4.69) is 24.5 Å². The van der Waals surface area contributed by atoms with Gasteiger partial charge in [-0.15, -0.1) is 11.8 Å². The maximum atomic E-state index is 12.3. The van der Waals surface area contributed by atoms with Crippen LogP contribution in [0.3, 0.4) is 0 Å². The third-order valence-electron chi connectivity index (χ3n) is 3.65. The highest BCUT2D eigenvalue weighted by atomic mass is 35.5. The molecule has 1 aliphatic heterocycles. The Morgan fingerprint density at radius 1 is 1.32 bits per heavy atom. The average Bonchev–Trinajstić information content (AvgIpc) is 2.54. The van der Waals surface area contributed by atoms with Crippen molar-refractivity contribution >= 4 is 40.9 Å². The number of ether oxygens (including phenoxy) is 1. The maximum Gasteiger partial charge on any atom is 0.265 e. The van der Waals surface area contributed by atoms with Gasteiger partial charge in [-0.05, 0) is 37.5 Å². The summed E-state index contributed by atoms with van der Waals surface area (Å²) in [6.07, 6.45) is 0.908. The lowest BCUT2D eigenvalue weighted by molar-refractivity contribution is -0.112. The molecule has 0 atom stereocenters. The largest absolute Gasteiger partial charge is 0.496 e. The summed E-state index contributed by atoms with van der Waals surface area (Å²) >= 11 is 7.68. The molecule has 0 saturated carbocycles. The summed E-state index contributed by atoms with van der Waals surface area (Å²) in [5.74, 6) is 1.45. The van der Waals surface area contributed by atoms with Crippen LogP contribution in [0.5, 0.6) is 0 Å². The monoisotopic (exact) mass is 382 g/mol. The first-order chi connectivity index (χ1) is 11.9. The summed E-state index contributed by atoms with van der Waals surface area (Å²) in [6, 6.07) is 4.88. The molecular weight excluding hydrogens is 360 g/mol. The van der Waals surface area contributed by atoms with Crippen LogP contribution >= 0.6 is 23.4 Å². The third kappa shape index (κ3) is 5.68. The van der Waals surface area contributed by atoms with Crippen LogP contribution in [0.25, 0.3) is 0 Å². The maximum absolute atomic E-state index is 12.3. The van der Waals surface area contributed by atoms with Crippen molar-refractivity contribution in [3.8, 4) is 0 Å². The van der Waals surface area contributed by atoms with E-state index in [0.717, 1.165) is 12.2 Å². The topological polar surface area (TPSA) is 67.4 Å². The molecule has 2 rings (SSSR count). The number of thioether (sulfide) groups is 1. The first kappa shape index (κ1) is 19.7. The number of carbonyl (C=O) groups is 2. The molecule has 0 unspecified atom stereocenters. The quantitative estimate of drug-likeness (QED) is 0.778. The molecule has 5 nitrogen and oxygen atoms in total. The van der Waals surface area contributed by atoms with Gasteiger partial charge in [0.1, 0.15) is 10.7 Å². The number of nitrogens with one attached hydrogen (secondary N) is 2. The first-order valence-electron chi connectivity index (χ1n) is 8.24. The Morgan fingerprint density at radius 2 is 2.08 bits per heavy atom. The second-order valence-electron chi connectivity index (χ2n) is 6.17. The number of halogens is 1. The Kier molecular flexibility index (Phi) is 7.20. The van der Waals surface area contributed by atoms with Gasteiger partial charge in [-0.2, -0.15) is 0 Å². The SMILES string of the molecule is CC1=C(C(=O)Nc2ccc(C(=O)NCCC(C)C)c(Cl)c2)SCCO1. The predicted octanol–water partition coefficient (Wildman–Crippen LogP) is 4.05. The fraction of sp³-hybridized carbons (Fsp3) is 0.444. The van der Waals surface area contributed by atoms with Gasteiger partial charge in [0.05, 0.1) is 17.2 Å². The molecule has 136 valence electrons. The van der Waals surface area contributed by atoms with E-state index in [1.54, 1.807) is 25.1 Å². The highest BCUT2D eigenvalue weighted by molar-refractivity contribution is 8.04. The van der Waals surface area contributed by atoms with Crippen molar-refractivity contribution in [2.75, 3.05) is 24.2 Å². The van der Waals surface area contributed by atoms with Gasteiger partial charge in [-0.3, -0.25) is 9.59 Å². The molecule has 2 N–H and O–H groups in total. The number of hydrogen-bond acceptors (Lipinski definition) is 4. The Hall–Kier alpha value is -1.66. The Morgan fingerprint density at radius 3 is 2.72 bits per heavy atom. The fourth-order valence-electron chi connectivity index (χ4n) is 2.27. The van der Waals surface area contributed by atoms with E-state index in [-0.39, 0.29) is 11.8 Å². The van der Waals surface area contributed by atoms with Gasteiger partial charge >= 0.3 is 0 Å². The van der Waals surface area contributed by atoms with Crippen LogP contribution in [0.2, 0.25) is 5.02 Å². The molecule has 0 bridgehead atoms. The molecule has 0 radical (unpaired) electrons. The predicted molar refractivity (Wildman–Crippen MR) is 103 cm³/mol. The Labute approximate surface area is 157 Å². The number of carbonyl (C=O) groups excluding carboxylic acids is 2. The molecule has 1 aromatic rings. The molecule has 2 amide bonds. The van der Waals surface area contributed by atoms with Gasteiger partial charge in [-0.1, -0.05) is 25.4 Å². The summed E-state index contributed by atoms with van der Waals surface area (Å²) in [5.41, 5.74) is 0.939. The molecule has 7 heteroatoms. The number of anilines is 1. The molecule has 0 spiro atoms. The van der Waals surface area contributed by atoms with E-state index in [9.17, 15) is 9.59 Å². The highest BCUT2D eigenvalue weighted by Crippen LogP contribution is 2.27. The van der Waals surface area contributed by atoms with Gasteiger partial charge in [0.2, 0.25) is 0 Å². The number of rotatable bonds is 6. The molecule has 1 heterocycles. The number of amides is 2. The van der Waals surface area contributed by atoms with Crippen LogP contribution in [-0.4, -0.2) is 30.7 Å². The average molecular weight is 383 g/mol. The summed E-state index contributed by atoms with van der Waals surface area (Å²) in [4.78, 5) is 25.0. The van der Waals surface area contributed by atoms with Gasteiger partial charge in [0.25, 0.3) is 11.8 Å². The van der Waals surface area contributed by atoms with Crippen LogP contribution in [0.4, 0.5) is 5.69 Å². The molecule has 0 fully saturated rings. The third-order valence-corrected chi connectivity index (χ3v) is 5.10. The van der Waals surface area contributed by atoms with Gasteiger partial charge in [-0.25, -0.2) is 0 Å². The lowest BCUT2D eigenvalue weighted by atomic mass is 10.1. The van der Waals surface area contributed by atoms with Gasteiger partial charge < -0.3 is 15.4 Å². The Bertz CT molecular complexity index is 689. The molecule has 25 heavy (non-hydrogen) atoms. The standard InChI is InChI=1S/C18H23ClN2O3S/c1-11(2)6-7-20-17(22)14-5-4-13(10-15(14)19)21-18(23)16-12(3)24-8-9-25-16/h4-5,10-11H,6-9H2,1-3H3,(H,20,22)(H,21,23). The minimum absolute atomic E-state index is 0.210. The van der Waals surface area contributed by atoms with Crippen LogP contribution in [0.15, 0.2) is 28.9 Å². The number of allylic oxidation sites excluding steroid dienone is 1. The minimum atomic E-state index is -0.229. The lowest BCUT2D eigenvalue weighted by Crippen LogP contribution is -2.25. The number of hydrogen-bond donors (Lipinski definition) is 2. The minimum Gasteiger partial charge on any atom is -0.496 e. The second-order valence-corrected chi connectivity index (χ2v) is 7.68. The number of benzene rings is 1. The zero-order chi connectivity index (χ0) is 18.4. The van der Waals surface area contributed by atoms with E-state index < -0.39 is 0 Å². The molecule has 1 aromatic carbocycles. The van der Waals surface area contributed by atoms with Crippen molar-refractivity contribution in [2.24, 2.45) is 5.92 Å². The van der Waals surface area contributed by atoms with E-state index in [4.69, 9.17) is 16.3 Å². The van der Waals surface area contributed by atoms with Crippen molar-refractivity contribution in [2.45, 2.75) is 27.2 Å². The van der Waals surface area contributed by atoms with Crippen LogP contribution in [0.1, 0.15) is 37.6 Å². The smallest absolute Gasteiger partial charge is 0.265 e. The normalized spacial score (nSPS) is 14.3. The summed E-state index contributed by atoms with van der Waals surface area (Å²) < 4.78 is 5.40. The summed E-state index contributed by atoms with van der Waals surface area (Å²) in [5, 5.41) is 5.95. The first-order valence-corrected chi connectivity index (χ1v) is 9.60. The van der Waals surface area contributed by atoms with Crippen molar-refractivity contribution < 1.29 is 14.3 Å². The summed E-state index contributed by atoms with van der Waals surface area (Å²) in [7, 11) is 0. The van der Waals surface area contributed by atoms with E-state index >= 15 is 0 Å². The highest BCUT2D eigenvalue weighted by Gasteiger charge is 2.19. The van der Waals surface area contributed by atoms with E-state index in [0.29, 0.717) is 46.0 Å². The molecule has 1 aliphatic rings. The van der Waals surface area contributed by atoms with Crippen molar-refractivity contribution in [1.82, 2.24) is 5.32 Å². The van der Waals surface area contributed by atoms with Crippen molar-refractivity contribution in [3.05, 3.63) is 39.4 Å². The zero-order valence-corrected chi connectivity index (χ0v) is 16.2. The summed E-state index contributed by atoms with van der Waals surface area (Å²) in [6.45, 7) is 7.20. The van der Waals surface area contributed by atoms with Crippen molar-refractivity contribution in [1.29, 1.82) is 0 Å². The lowest BCUT2D eigenvalue weighted by Gasteiger charge is -2.18. The van der Waals surface area contributed by atoms with Gasteiger partial charge in [0.15, 0.2) is 0 Å². The molecule has 0 aromatic heterocycles. The van der Waals surface area contributed by atoms with Crippen LogP contribution < -0.4 is 10.6 Å². The van der Waals surface area contributed by atoms with E-state index in [1.807, 2.05) is 0 Å². The molecule has 0 aliphatic carbocycles. The molecular formula is C18H23ClN2O3S. The van der Waals surface area contributed by atoms with Gasteiger partial charge in [0, 0.05) is 18.0 Å². The van der Waals surface area contributed by atoms with Crippen LogP contribution in [-0.2, 0) is 9.53 Å². The second kappa shape index (κ2) is 9.15.